The Balaban J connectivity index is 3.64. The number of alkyl halides is 8. The summed E-state index contributed by atoms with van der Waals surface area (Å²) in [6, 6.07) is 0. The maximum absolute atomic E-state index is 13.2. The van der Waals surface area contributed by atoms with Gasteiger partial charge in [0.05, 0.1) is 0 Å². The van der Waals surface area contributed by atoms with Crippen LogP contribution in [0.3, 0.4) is 0 Å². The lowest BCUT2D eigenvalue weighted by atomic mass is 9.94. The van der Waals surface area contributed by atoms with E-state index in [9.17, 15) is 26.3 Å². The first-order valence-corrected chi connectivity index (χ1v) is 4.90. The molecule has 16 heavy (non-hydrogen) atoms. The molecule has 0 amide bonds. The lowest BCUT2D eigenvalue weighted by molar-refractivity contribution is -0.186. The highest BCUT2D eigenvalue weighted by atomic mass is 35.5. The largest absolute Gasteiger partial charge is 0.336 e. The van der Waals surface area contributed by atoms with Gasteiger partial charge >= 0.3 is 22.1 Å². The molecule has 0 nitrogen and oxygen atoms in total. The fourth-order valence-corrected chi connectivity index (χ4v) is 1.97. The summed E-state index contributed by atoms with van der Waals surface area (Å²) < 4.78 is 78.5. The molecular weight excluding hydrogens is 328 g/mol. The van der Waals surface area contributed by atoms with Crippen molar-refractivity contribution in [3.8, 4) is 0 Å². The predicted molar refractivity (Wildman–Crippen MR) is 48.0 cm³/mol. The van der Waals surface area contributed by atoms with Gasteiger partial charge in [0.2, 0.25) is 0 Å². The molecule has 0 heterocycles. The van der Waals surface area contributed by atoms with Gasteiger partial charge in [-0.1, -0.05) is 46.4 Å². The van der Waals surface area contributed by atoms with Crippen molar-refractivity contribution in [2.45, 2.75) is 22.1 Å². The number of hydrogen-bond acceptors (Lipinski definition) is 0. The SMILES string of the molecule is FC1(F)C(Cl)=C(Cl)C(F)(F)C(F)(Cl)C1(F)Cl. The van der Waals surface area contributed by atoms with Crippen LogP contribution in [-0.4, -0.2) is 22.1 Å². The molecule has 2 unspecified atom stereocenters. The molecule has 1 rings (SSSR count). The topological polar surface area (TPSA) is 0 Å². The average molecular weight is 328 g/mol. The molecule has 0 N–H and O–H groups in total. The first-order chi connectivity index (χ1) is 6.82. The lowest BCUT2D eigenvalue weighted by Gasteiger charge is -2.43. The number of hydrogen-bond donors (Lipinski definition) is 0. The minimum Gasteiger partial charge on any atom is -0.214 e. The van der Waals surface area contributed by atoms with Crippen LogP contribution in [-0.2, 0) is 0 Å². The van der Waals surface area contributed by atoms with Crippen LogP contribution in [0.15, 0.2) is 10.1 Å². The molecule has 0 spiro atoms. The van der Waals surface area contributed by atoms with Crippen LogP contribution in [0.25, 0.3) is 0 Å². The Morgan fingerprint density at radius 2 is 0.812 bits per heavy atom. The van der Waals surface area contributed by atoms with E-state index in [0.29, 0.717) is 0 Å². The zero-order valence-corrected chi connectivity index (χ0v) is 9.80. The van der Waals surface area contributed by atoms with Gasteiger partial charge in [0.25, 0.3) is 0 Å². The van der Waals surface area contributed by atoms with Gasteiger partial charge in [0.1, 0.15) is 10.1 Å². The fourth-order valence-electron chi connectivity index (χ4n) is 0.946. The molecule has 94 valence electrons. The van der Waals surface area contributed by atoms with E-state index in [4.69, 9.17) is 23.2 Å². The van der Waals surface area contributed by atoms with Crippen molar-refractivity contribution in [1.29, 1.82) is 0 Å². The van der Waals surface area contributed by atoms with Crippen molar-refractivity contribution in [2.75, 3.05) is 0 Å². The van der Waals surface area contributed by atoms with E-state index in [1.54, 1.807) is 0 Å². The Hall–Kier alpha value is 0.480. The summed E-state index contributed by atoms with van der Waals surface area (Å²) in [5, 5.41) is -14.0. The van der Waals surface area contributed by atoms with E-state index >= 15 is 0 Å². The van der Waals surface area contributed by atoms with E-state index in [2.05, 4.69) is 23.2 Å². The van der Waals surface area contributed by atoms with Crippen LogP contribution in [0.1, 0.15) is 0 Å². The van der Waals surface area contributed by atoms with Crippen LogP contribution >= 0.6 is 46.4 Å². The fraction of sp³-hybridized carbons (Fsp3) is 0.667. The predicted octanol–water partition coefficient (Wildman–Crippen LogP) is 4.77. The van der Waals surface area contributed by atoms with E-state index in [1.165, 1.54) is 0 Å². The first-order valence-electron chi connectivity index (χ1n) is 3.39. The van der Waals surface area contributed by atoms with E-state index in [1.807, 2.05) is 0 Å². The molecule has 0 aliphatic heterocycles. The van der Waals surface area contributed by atoms with Gasteiger partial charge in [-0.3, -0.25) is 0 Å². The Morgan fingerprint density at radius 3 is 1.00 bits per heavy atom. The summed E-state index contributed by atoms with van der Waals surface area (Å²) in [4.78, 5) is 0. The summed E-state index contributed by atoms with van der Waals surface area (Å²) in [7, 11) is 0. The standard InChI is InChI=1S/C6Cl4F6/c7-1-2(8)4(13,14)6(10,16)5(9,15)3(1,11)12. The van der Waals surface area contributed by atoms with E-state index in [-0.39, 0.29) is 0 Å². The molecule has 0 saturated heterocycles. The molecule has 0 aromatic heterocycles. The van der Waals surface area contributed by atoms with Gasteiger partial charge in [-0.2, -0.15) is 17.6 Å². The number of allylic oxidation sites excluding steroid dienone is 2. The molecule has 0 saturated carbocycles. The van der Waals surface area contributed by atoms with Crippen LogP contribution in [0.5, 0.6) is 0 Å². The maximum Gasteiger partial charge on any atom is 0.336 e. The molecule has 1 aliphatic carbocycles. The lowest BCUT2D eigenvalue weighted by Crippen LogP contribution is -2.64. The van der Waals surface area contributed by atoms with Gasteiger partial charge in [0, 0.05) is 0 Å². The molecule has 0 aromatic carbocycles. The maximum atomic E-state index is 13.2. The molecule has 2 atom stereocenters. The summed E-state index contributed by atoms with van der Waals surface area (Å²) in [6.07, 6.45) is 0. The summed E-state index contributed by atoms with van der Waals surface area (Å²) in [6.45, 7) is 0. The summed E-state index contributed by atoms with van der Waals surface area (Å²) >= 11 is 18.3. The third-order valence-corrected chi connectivity index (χ3v) is 3.97. The van der Waals surface area contributed by atoms with Crippen molar-refractivity contribution in [3.05, 3.63) is 10.1 Å². The Morgan fingerprint density at radius 1 is 0.625 bits per heavy atom. The Bertz CT molecular complexity index is 326. The van der Waals surface area contributed by atoms with Crippen LogP contribution in [0, 0.1) is 0 Å². The van der Waals surface area contributed by atoms with Crippen molar-refractivity contribution in [1.82, 2.24) is 0 Å². The molecule has 0 radical (unpaired) electrons. The van der Waals surface area contributed by atoms with E-state index in [0.717, 1.165) is 0 Å². The van der Waals surface area contributed by atoms with E-state index < -0.39 is 32.2 Å². The Labute approximate surface area is 105 Å². The van der Waals surface area contributed by atoms with Crippen LogP contribution in [0.4, 0.5) is 26.3 Å². The minimum atomic E-state index is -4.98. The van der Waals surface area contributed by atoms with Gasteiger partial charge in [-0.25, -0.2) is 8.78 Å². The normalized spacial score (nSPS) is 42.4. The number of rotatable bonds is 0. The third kappa shape index (κ3) is 1.39. The molecule has 1 aliphatic rings. The van der Waals surface area contributed by atoms with Crippen LogP contribution in [0.2, 0.25) is 0 Å². The molecule has 10 heteroatoms. The van der Waals surface area contributed by atoms with Crippen molar-refractivity contribution >= 4 is 46.4 Å². The highest BCUT2D eigenvalue weighted by Gasteiger charge is 2.82. The first kappa shape index (κ1) is 14.5. The quantitative estimate of drug-likeness (QED) is 0.444. The van der Waals surface area contributed by atoms with Gasteiger partial charge in [-0.15, -0.1) is 0 Å². The summed E-state index contributed by atoms with van der Waals surface area (Å²) in [5.74, 6) is -9.96. The van der Waals surface area contributed by atoms with Gasteiger partial charge in [0.15, 0.2) is 0 Å². The molecule has 0 fully saturated rings. The zero-order chi connectivity index (χ0) is 13.2. The highest BCUT2D eigenvalue weighted by Crippen LogP contribution is 2.65. The minimum absolute atomic E-state index is 2.09. The molecule has 0 bridgehead atoms. The van der Waals surface area contributed by atoms with Crippen molar-refractivity contribution in [2.24, 2.45) is 0 Å². The molecule has 0 aromatic rings. The van der Waals surface area contributed by atoms with Crippen LogP contribution < -0.4 is 0 Å². The Kier molecular flexibility index (Phi) is 3.17. The number of halogens is 10. The summed E-state index contributed by atoms with van der Waals surface area (Å²) in [5.41, 5.74) is 0. The zero-order valence-electron chi connectivity index (χ0n) is 6.78. The highest BCUT2D eigenvalue weighted by molar-refractivity contribution is 6.44. The second-order valence-corrected chi connectivity index (χ2v) is 4.72. The third-order valence-electron chi connectivity index (χ3n) is 1.93. The van der Waals surface area contributed by atoms with Gasteiger partial charge in [-0.05, 0) is 0 Å². The smallest absolute Gasteiger partial charge is 0.214 e. The second-order valence-electron chi connectivity index (χ2n) is 2.93. The molecular formula is C6Cl4F6. The monoisotopic (exact) mass is 326 g/mol. The van der Waals surface area contributed by atoms with Crippen molar-refractivity contribution < 1.29 is 26.3 Å². The van der Waals surface area contributed by atoms with Gasteiger partial charge < -0.3 is 0 Å². The average Bonchev–Trinajstić information content (AvgIpc) is 2.12. The van der Waals surface area contributed by atoms with Crippen molar-refractivity contribution in [3.63, 3.8) is 0 Å². The second kappa shape index (κ2) is 3.49.